The Morgan fingerprint density at radius 1 is 1.62 bits per heavy atom. The number of aromatic nitrogens is 1. The maximum Gasteiger partial charge on any atom is 0.269 e. The first-order valence-electron chi connectivity index (χ1n) is 3.17. The van der Waals surface area contributed by atoms with Crippen LogP contribution in [0.1, 0.15) is 17.6 Å². The van der Waals surface area contributed by atoms with Gasteiger partial charge in [0.2, 0.25) is 5.43 Å². The number of pyridine rings is 1. The van der Waals surface area contributed by atoms with E-state index in [0.29, 0.717) is 0 Å². The van der Waals surface area contributed by atoms with Crippen LogP contribution in [0.4, 0.5) is 8.78 Å². The summed E-state index contributed by atoms with van der Waals surface area (Å²) in [5.74, 6) is 0. The highest BCUT2D eigenvalue weighted by Crippen LogP contribution is 2.17. The predicted molar refractivity (Wildman–Crippen MR) is 44.4 cm³/mol. The number of nitrogens with zero attached hydrogens (tertiary/aromatic N) is 1. The lowest BCUT2D eigenvalue weighted by atomic mass is 10.2. The van der Waals surface area contributed by atoms with Gasteiger partial charge in [-0.1, -0.05) is 0 Å². The van der Waals surface area contributed by atoms with Crippen LogP contribution in [0.5, 0.6) is 0 Å². The summed E-state index contributed by atoms with van der Waals surface area (Å²) < 4.78 is 24.4. The lowest BCUT2D eigenvalue weighted by molar-refractivity contribution is 0.149. The summed E-state index contributed by atoms with van der Waals surface area (Å²) in [6.07, 6.45) is -1.98. The number of alkyl halides is 2. The standard InChI is InChI=1S/C7H3BrF2N2O/c8-6-3(1-11)5(13)4(2-12-6)7(9)10/h2,7H,(H,12,13). The lowest BCUT2D eigenvalue weighted by Crippen LogP contribution is -2.14. The van der Waals surface area contributed by atoms with Crippen molar-refractivity contribution in [2.24, 2.45) is 0 Å². The number of aromatic amines is 1. The minimum atomic E-state index is -2.87. The van der Waals surface area contributed by atoms with Gasteiger partial charge in [0.1, 0.15) is 16.2 Å². The van der Waals surface area contributed by atoms with E-state index in [1.807, 2.05) is 0 Å². The number of hydrogen-bond donors (Lipinski definition) is 1. The van der Waals surface area contributed by atoms with E-state index >= 15 is 0 Å². The number of rotatable bonds is 1. The van der Waals surface area contributed by atoms with Crippen LogP contribution in [0, 0.1) is 11.3 Å². The maximum atomic E-state index is 12.1. The molecule has 13 heavy (non-hydrogen) atoms. The van der Waals surface area contributed by atoms with Gasteiger partial charge in [0.05, 0.1) is 5.56 Å². The number of halogens is 3. The molecule has 0 amide bonds. The first-order valence-corrected chi connectivity index (χ1v) is 3.96. The van der Waals surface area contributed by atoms with E-state index in [-0.39, 0.29) is 10.2 Å². The molecule has 0 aliphatic heterocycles. The van der Waals surface area contributed by atoms with Gasteiger partial charge in [-0.15, -0.1) is 0 Å². The molecule has 0 fully saturated rings. The summed E-state index contributed by atoms with van der Waals surface area (Å²) in [5.41, 5.74) is -1.97. The number of hydrogen-bond acceptors (Lipinski definition) is 2. The van der Waals surface area contributed by atoms with Gasteiger partial charge in [-0.25, -0.2) is 8.78 Å². The molecule has 0 aliphatic carbocycles. The Kier molecular flexibility index (Phi) is 2.78. The highest BCUT2D eigenvalue weighted by Gasteiger charge is 2.16. The molecule has 1 aromatic rings. The van der Waals surface area contributed by atoms with Gasteiger partial charge in [0.15, 0.2) is 0 Å². The fourth-order valence-electron chi connectivity index (χ4n) is 0.785. The minimum Gasteiger partial charge on any atom is -0.354 e. The Morgan fingerprint density at radius 2 is 2.23 bits per heavy atom. The summed E-state index contributed by atoms with van der Waals surface area (Å²) in [6.45, 7) is 0. The van der Waals surface area contributed by atoms with E-state index in [0.717, 1.165) is 6.20 Å². The second-order valence-electron chi connectivity index (χ2n) is 2.17. The Bertz CT molecular complexity index is 421. The van der Waals surface area contributed by atoms with Crippen LogP contribution in [0.2, 0.25) is 0 Å². The van der Waals surface area contributed by atoms with Crippen molar-refractivity contribution in [3.8, 4) is 6.07 Å². The smallest absolute Gasteiger partial charge is 0.269 e. The molecule has 0 atom stereocenters. The second-order valence-corrected chi connectivity index (χ2v) is 2.97. The van der Waals surface area contributed by atoms with E-state index in [4.69, 9.17) is 5.26 Å². The average molecular weight is 249 g/mol. The van der Waals surface area contributed by atoms with E-state index in [9.17, 15) is 13.6 Å². The third-order valence-corrected chi connectivity index (χ3v) is 2.04. The summed E-state index contributed by atoms with van der Waals surface area (Å²) in [5, 5.41) is 8.46. The van der Waals surface area contributed by atoms with Gasteiger partial charge < -0.3 is 4.98 Å². The predicted octanol–water partition coefficient (Wildman–Crippen LogP) is 1.95. The van der Waals surface area contributed by atoms with Crippen molar-refractivity contribution < 1.29 is 8.78 Å². The van der Waals surface area contributed by atoms with E-state index in [2.05, 4.69) is 20.9 Å². The van der Waals surface area contributed by atoms with Crippen LogP contribution in [0.25, 0.3) is 0 Å². The minimum absolute atomic E-state index is 0.115. The number of H-pyrrole nitrogens is 1. The molecule has 0 saturated carbocycles. The first kappa shape index (κ1) is 9.86. The number of nitriles is 1. The van der Waals surface area contributed by atoms with Crippen molar-refractivity contribution in [3.63, 3.8) is 0 Å². The Labute approximate surface area is 80.1 Å². The summed E-state index contributed by atoms with van der Waals surface area (Å²) in [7, 11) is 0. The zero-order chi connectivity index (χ0) is 10.0. The molecule has 0 radical (unpaired) electrons. The Hall–Kier alpha value is -1.22. The largest absolute Gasteiger partial charge is 0.354 e. The molecule has 6 heteroatoms. The monoisotopic (exact) mass is 248 g/mol. The zero-order valence-electron chi connectivity index (χ0n) is 6.14. The molecule has 68 valence electrons. The molecular formula is C7H3BrF2N2O. The molecule has 1 N–H and O–H groups in total. The van der Waals surface area contributed by atoms with Crippen molar-refractivity contribution in [1.82, 2.24) is 4.98 Å². The maximum absolute atomic E-state index is 12.1. The van der Waals surface area contributed by atoms with Gasteiger partial charge in [-0.2, -0.15) is 5.26 Å². The third kappa shape index (κ3) is 1.75. The first-order chi connectivity index (χ1) is 6.07. The normalized spacial score (nSPS) is 10.1. The van der Waals surface area contributed by atoms with Crippen LogP contribution in [-0.4, -0.2) is 4.98 Å². The fourth-order valence-corrected chi connectivity index (χ4v) is 1.17. The molecule has 0 aromatic carbocycles. The van der Waals surface area contributed by atoms with Crippen LogP contribution in [0.15, 0.2) is 15.6 Å². The van der Waals surface area contributed by atoms with Crippen molar-refractivity contribution in [2.75, 3.05) is 0 Å². The van der Waals surface area contributed by atoms with Crippen LogP contribution < -0.4 is 5.43 Å². The van der Waals surface area contributed by atoms with Gasteiger partial charge >= 0.3 is 0 Å². The van der Waals surface area contributed by atoms with Crippen LogP contribution >= 0.6 is 15.9 Å². The molecule has 1 heterocycles. The average Bonchev–Trinajstić information content (AvgIpc) is 2.04. The summed E-state index contributed by atoms with van der Waals surface area (Å²) >= 11 is 2.87. The summed E-state index contributed by atoms with van der Waals surface area (Å²) in [4.78, 5) is 13.5. The van der Waals surface area contributed by atoms with Crippen molar-refractivity contribution in [1.29, 1.82) is 5.26 Å². The van der Waals surface area contributed by atoms with Gasteiger partial charge in [-0.3, -0.25) is 4.79 Å². The van der Waals surface area contributed by atoms with Crippen molar-refractivity contribution in [2.45, 2.75) is 6.43 Å². The van der Waals surface area contributed by atoms with E-state index < -0.39 is 17.4 Å². The lowest BCUT2D eigenvalue weighted by Gasteiger charge is -1.99. The zero-order valence-corrected chi connectivity index (χ0v) is 7.73. The van der Waals surface area contributed by atoms with Gasteiger partial charge in [0, 0.05) is 6.20 Å². The Morgan fingerprint density at radius 3 is 2.69 bits per heavy atom. The molecule has 1 rings (SSSR count). The van der Waals surface area contributed by atoms with Gasteiger partial charge in [0.25, 0.3) is 6.43 Å². The molecule has 1 aromatic heterocycles. The van der Waals surface area contributed by atoms with Crippen LogP contribution in [0.3, 0.4) is 0 Å². The molecule has 0 spiro atoms. The molecule has 0 bridgehead atoms. The SMILES string of the molecule is N#Cc1c(Br)[nH]cc(C(F)F)c1=O. The molecule has 0 unspecified atom stereocenters. The molecule has 0 aliphatic rings. The quantitative estimate of drug-likeness (QED) is 0.773. The second kappa shape index (κ2) is 3.66. The molecule has 3 nitrogen and oxygen atoms in total. The fraction of sp³-hybridized carbons (Fsp3) is 0.143. The van der Waals surface area contributed by atoms with E-state index in [1.165, 1.54) is 6.07 Å². The van der Waals surface area contributed by atoms with Gasteiger partial charge in [-0.05, 0) is 15.9 Å². The molecule has 0 saturated heterocycles. The van der Waals surface area contributed by atoms with Crippen molar-refractivity contribution in [3.05, 3.63) is 32.2 Å². The van der Waals surface area contributed by atoms with Crippen molar-refractivity contribution >= 4 is 15.9 Å². The topological polar surface area (TPSA) is 56.6 Å². The third-order valence-electron chi connectivity index (χ3n) is 1.41. The summed E-state index contributed by atoms with van der Waals surface area (Å²) in [6, 6.07) is 1.53. The van der Waals surface area contributed by atoms with Crippen LogP contribution in [-0.2, 0) is 0 Å². The number of nitrogens with one attached hydrogen (secondary N) is 1. The Balaban J connectivity index is 3.48. The highest BCUT2D eigenvalue weighted by molar-refractivity contribution is 9.10. The molecular weight excluding hydrogens is 246 g/mol. The highest BCUT2D eigenvalue weighted by atomic mass is 79.9. The van der Waals surface area contributed by atoms with E-state index in [1.54, 1.807) is 0 Å².